The number of nitrogens with zero attached hydrogens (tertiary/aromatic N) is 1. The minimum absolute atomic E-state index is 0.0228. The van der Waals surface area contributed by atoms with E-state index in [0.29, 0.717) is 18.1 Å². The highest BCUT2D eigenvalue weighted by Crippen LogP contribution is 2.18. The molecule has 1 aromatic carbocycles. The maximum Gasteiger partial charge on any atom is 0.246 e. The lowest BCUT2D eigenvalue weighted by Gasteiger charge is -2.30. The van der Waals surface area contributed by atoms with Gasteiger partial charge < -0.3 is 10.2 Å². The first-order valence-corrected chi connectivity index (χ1v) is 7.42. The molecule has 1 aliphatic heterocycles. The topological polar surface area (TPSA) is 49.4 Å². The number of carbonyl (C=O) groups excluding carboxylic acids is 2. The molecule has 0 saturated carbocycles. The Bertz CT molecular complexity index is 549. The molecule has 112 valence electrons. The fourth-order valence-corrected chi connectivity index (χ4v) is 2.65. The second-order valence-electron chi connectivity index (χ2n) is 5.10. The van der Waals surface area contributed by atoms with E-state index >= 15 is 0 Å². The summed E-state index contributed by atoms with van der Waals surface area (Å²) in [5.74, 6) is 0.0675. The first-order valence-electron chi connectivity index (χ1n) is 7.04. The third-order valence-corrected chi connectivity index (χ3v) is 3.93. The van der Waals surface area contributed by atoms with E-state index in [2.05, 4.69) is 5.32 Å². The van der Waals surface area contributed by atoms with Crippen molar-refractivity contribution in [2.24, 2.45) is 5.92 Å². The number of carbonyl (C=O) groups is 2. The van der Waals surface area contributed by atoms with Crippen molar-refractivity contribution in [2.45, 2.75) is 12.8 Å². The number of likely N-dealkylation sites (tertiary alicyclic amines) is 1. The summed E-state index contributed by atoms with van der Waals surface area (Å²) in [6, 6.07) is 7.35. The molecular formula is C16H19ClN2O2. The van der Waals surface area contributed by atoms with Gasteiger partial charge in [-0.2, -0.15) is 0 Å². The SMILES string of the molecule is CNC(=O)C1CCN(C(=O)/C=C/c2cccc(Cl)c2)CC1. The number of piperidine rings is 1. The minimum Gasteiger partial charge on any atom is -0.359 e. The quantitative estimate of drug-likeness (QED) is 0.871. The van der Waals surface area contributed by atoms with Gasteiger partial charge in [0.1, 0.15) is 0 Å². The van der Waals surface area contributed by atoms with Crippen LogP contribution in [0.3, 0.4) is 0 Å². The summed E-state index contributed by atoms with van der Waals surface area (Å²) in [6.07, 6.45) is 4.76. The van der Waals surface area contributed by atoms with Crippen LogP contribution in [0.1, 0.15) is 18.4 Å². The normalized spacial score (nSPS) is 16.2. The standard InChI is InChI=1S/C16H19ClN2O2/c1-18-16(21)13-7-9-19(10-8-13)15(20)6-5-12-3-2-4-14(17)11-12/h2-6,11,13H,7-10H2,1H3,(H,18,21)/b6-5+. The number of benzene rings is 1. The molecular weight excluding hydrogens is 288 g/mol. The van der Waals surface area contributed by atoms with Gasteiger partial charge in [-0.15, -0.1) is 0 Å². The molecule has 21 heavy (non-hydrogen) atoms. The second kappa shape index (κ2) is 7.27. The van der Waals surface area contributed by atoms with Gasteiger partial charge in [0.2, 0.25) is 11.8 Å². The predicted octanol–water partition coefficient (Wildman–Crippen LogP) is 2.34. The van der Waals surface area contributed by atoms with Crippen molar-refractivity contribution in [3.8, 4) is 0 Å². The Labute approximate surface area is 129 Å². The first-order chi connectivity index (χ1) is 10.1. The van der Waals surface area contributed by atoms with Crippen LogP contribution in [-0.2, 0) is 9.59 Å². The molecule has 0 aliphatic carbocycles. The van der Waals surface area contributed by atoms with E-state index in [-0.39, 0.29) is 17.7 Å². The van der Waals surface area contributed by atoms with Gasteiger partial charge in [0.25, 0.3) is 0 Å². The maximum atomic E-state index is 12.1. The smallest absolute Gasteiger partial charge is 0.246 e. The molecule has 1 saturated heterocycles. The molecule has 1 aromatic rings. The average Bonchev–Trinajstić information content (AvgIpc) is 2.52. The van der Waals surface area contributed by atoms with Crippen LogP contribution in [0.5, 0.6) is 0 Å². The van der Waals surface area contributed by atoms with Gasteiger partial charge >= 0.3 is 0 Å². The van der Waals surface area contributed by atoms with E-state index in [0.717, 1.165) is 18.4 Å². The molecule has 1 aliphatic rings. The summed E-state index contributed by atoms with van der Waals surface area (Å²) >= 11 is 5.90. The van der Waals surface area contributed by atoms with Crippen molar-refractivity contribution < 1.29 is 9.59 Å². The number of hydrogen-bond acceptors (Lipinski definition) is 2. The van der Waals surface area contributed by atoms with Crippen LogP contribution < -0.4 is 5.32 Å². The van der Waals surface area contributed by atoms with E-state index in [1.807, 2.05) is 18.2 Å². The second-order valence-corrected chi connectivity index (χ2v) is 5.54. The summed E-state index contributed by atoms with van der Waals surface area (Å²) in [6.45, 7) is 1.24. The largest absolute Gasteiger partial charge is 0.359 e. The van der Waals surface area contributed by atoms with Crippen LogP contribution in [0, 0.1) is 5.92 Å². The molecule has 1 heterocycles. The Hall–Kier alpha value is -1.81. The van der Waals surface area contributed by atoms with Gasteiger partial charge in [-0.3, -0.25) is 9.59 Å². The molecule has 2 rings (SSSR count). The van der Waals surface area contributed by atoms with Crippen molar-refractivity contribution in [3.05, 3.63) is 40.9 Å². The third kappa shape index (κ3) is 4.33. The van der Waals surface area contributed by atoms with Gasteiger partial charge in [0.05, 0.1) is 0 Å². The molecule has 0 aromatic heterocycles. The Morgan fingerprint density at radius 2 is 2.05 bits per heavy atom. The maximum absolute atomic E-state index is 12.1. The zero-order chi connectivity index (χ0) is 15.2. The van der Waals surface area contributed by atoms with Gasteiger partial charge in [-0.25, -0.2) is 0 Å². The molecule has 0 unspecified atom stereocenters. The van der Waals surface area contributed by atoms with E-state index in [1.54, 1.807) is 30.2 Å². The van der Waals surface area contributed by atoms with Gasteiger partial charge in [0, 0.05) is 37.2 Å². The molecule has 1 fully saturated rings. The zero-order valence-corrected chi connectivity index (χ0v) is 12.8. The third-order valence-electron chi connectivity index (χ3n) is 3.69. The van der Waals surface area contributed by atoms with E-state index in [9.17, 15) is 9.59 Å². The summed E-state index contributed by atoms with van der Waals surface area (Å²) in [5, 5.41) is 3.31. The zero-order valence-electron chi connectivity index (χ0n) is 12.0. The van der Waals surface area contributed by atoms with Crippen molar-refractivity contribution >= 4 is 29.5 Å². The van der Waals surface area contributed by atoms with E-state index < -0.39 is 0 Å². The molecule has 0 bridgehead atoms. The Kier molecular flexibility index (Phi) is 5.39. The lowest BCUT2D eigenvalue weighted by atomic mass is 9.96. The fourth-order valence-electron chi connectivity index (χ4n) is 2.45. The van der Waals surface area contributed by atoms with Gasteiger partial charge in [-0.05, 0) is 36.6 Å². The van der Waals surface area contributed by atoms with Crippen molar-refractivity contribution in [2.75, 3.05) is 20.1 Å². The molecule has 4 nitrogen and oxygen atoms in total. The number of rotatable bonds is 3. The molecule has 0 atom stereocenters. The van der Waals surface area contributed by atoms with Crippen LogP contribution in [-0.4, -0.2) is 36.9 Å². The van der Waals surface area contributed by atoms with E-state index in [1.165, 1.54) is 0 Å². The van der Waals surface area contributed by atoms with Crippen LogP contribution in [0.2, 0.25) is 5.02 Å². The van der Waals surface area contributed by atoms with E-state index in [4.69, 9.17) is 11.6 Å². The average molecular weight is 307 g/mol. The number of amides is 2. The predicted molar refractivity (Wildman–Crippen MR) is 83.9 cm³/mol. The fraction of sp³-hybridized carbons (Fsp3) is 0.375. The van der Waals surface area contributed by atoms with Gasteiger partial charge in [0.15, 0.2) is 0 Å². The molecule has 5 heteroatoms. The van der Waals surface area contributed by atoms with Crippen LogP contribution >= 0.6 is 11.6 Å². The van der Waals surface area contributed by atoms with Crippen molar-refractivity contribution in [1.29, 1.82) is 0 Å². The number of nitrogens with one attached hydrogen (secondary N) is 1. The Morgan fingerprint density at radius 1 is 1.33 bits per heavy atom. The highest BCUT2D eigenvalue weighted by molar-refractivity contribution is 6.30. The lowest BCUT2D eigenvalue weighted by Crippen LogP contribution is -2.41. The Balaban J connectivity index is 1.89. The van der Waals surface area contributed by atoms with Crippen molar-refractivity contribution in [1.82, 2.24) is 10.2 Å². The van der Waals surface area contributed by atoms with Crippen LogP contribution in [0.4, 0.5) is 0 Å². The van der Waals surface area contributed by atoms with Crippen molar-refractivity contribution in [3.63, 3.8) is 0 Å². The highest BCUT2D eigenvalue weighted by atomic mass is 35.5. The monoisotopic (exact) mass is 306 g/mol. The summed E-state index contributed by atoms with van der Waals surface area (Å²) in [5.41, 5.74) is 0.899. The minimum atomic E-state index is -0.0228. The highest BCUT2D eigenvalue weighted by Gasteiger charge is 2.25. The summed E-state index contributed by atoms with van der Waals surface area (Å²) in [7, 11) is 1.65. The molecule has 2 amide bonds. The molecule has 1 N–H and O–H groups in total. The van der Waals surface area contributed by atoms with Crippen LogP contribution in [0.15, 0.2) is 30.3 Å². The number of hydrogen-bond donors (Lipinski definition) is 1. The molecule has 0 spiro atoms. The summed E-state index contributed by atoms with van der Waals surface area (Å²) in [4.78, 5) is 25.4. The Morgan fingerprint density at radius 3 is 2.67 bits per heavy atom. The molecule has 0 radical (unpaired) electrons. The lowest BCUT2D eigenvalue weighted by molar-refractivity contribution is -0.131. The number of halogens is 1. The van der Waals surface area contributed by atoms with Gasteiger partial charge in [-0.1, -0.05) is 23.7 Å². The van der Waals surface area contributed by atoms with Crippen LogP contribution in [0.25, 0.3) is 6.08 Å². The first kappa shape index (κ1) is 15.6. The summed E-state index contributed by atoms with van der Waals surface area (Å²) < 4.78 is 0.